The minimum Gasteiger partial charge on any atom is -0.366 e. The molecule has 4 aromatic rings. The summed E-state index contributed by atoms with van der Waals surface area (Å²) in [5.41, 5.74) is 6.97. The Hall–Kier alpha value is -3.26. The van der Waals surface area contributed by atoms with Gasteiger partial charge in [-0.25, -0.2) is 8.78 Å². The zero-order valence-corrected chi connectivity index (χ0v) is 14.6. The molecule has 4 rings (SSSR count). The molecule has 134 valence electrons. The number of halogens is 2. The molecule has 0 fully saturated rings. The van der Waals surface area contributed by atoms with Crippen molar-refractivity contribution in [3.8, 4) is 11.4 Å². The van der Waals surface area contributed by atoms with Gasteiger partial charge in [0, 0.05) is 33.2 Å². The van der Waals surface area contributed by atoms with Gasteiger partial charge in [0.05, 0.1) is 0 Å². The molecule has 0 atom stereocenters. The van der Waals surface area contributed by atoms with Gasteiger partial charge in [0.15, 0.2) is 11.5 Å². The van der Waals surface area contributed by atoms with Crippen molar-refractivity contribution < 1.29 is 13.6 Å². The summed E-state index contributed by atoms with van der Waals surface area (Å²) in [4.78, 5) is 12.4. The first kappa shape index (κ1) is 17.2. The number of rotatable bonds is 4. The number of nitrogens with zero attached hydrogens (tertiary/aromatic N) is 3. The standard InChI is InChI=1S/C19H12F2N4OS/c20-13-4-6-16(15(21)9-13)27-14-5-7-17-23-24-19(25(17)10-14)12-3-1-2-11(8-12)18(22)26/h1-10H,(H2,22,26). The van der Waals surface area contributed by atoms with E-state index in [0.717, 1.165) is 22.7 Å². The molecule has 5 nitrogen and oxygen atoms in total. The summed E-state index contributed by atoms with van der Waals surface area (Å²) in [5.74, 6) is -1.26. The molecule has 0 aliphatic rings. The molecule has 0 unspecified atom stereocenters. The van der Waals surface area contributed by atoms with Crippen molar-refractivity contribution in [2.45, 2.75) is 9.79 Å². The highest BCUT2D eigenvalue weighted by Gasteiger charge is 2.12. The van der Waals surface area contributed by atoms with Gasteiger partial charge in [-0.2, -0.15) is 0 Å². The molecule has 0 spiro atoms. The number of aromatic nitrogens is 3. The molecule has 8 heteroatoms. The fraction of sp³-hybridized carbons (Fsp3) is 0. The Labute approximate surface area is 156 Å². The molecule has 2 aromatic carbocycles. The van der Waals surface area contributed by atoms with E-state index in [4.69, 9.17) is 5.73 Å². The zero-order chi connectivity index (χ0) is 19.0. The maximum atomic E-state index is 13.9. The van der Waals surface area contributed by atoms with Crippen LogP contribution < -0.4 is 5.73 Å². The van der Waals surface area contributed by atoms with Gasteiger partial charge in [-0.1, -0.05) is 23.9 Å². The van der Waals surface area contributed by atoms with Gasteiger partial charge in [-0.15, -0.1) is 10.2 Å². The first-order valence-corrected chi connectivity index (χ1v) is 8.71. The van der Waals surface area contributed by atoms with Crippen LogP contribution in [-0.2, 0) is 0 Å². The molecule has 2 N–H and O–H groups in total. The largest absolute Gasteiger partial charge is 0.366 e. The molecule has 2 heterocycles. The van der Waals surface area contributed by atoms with Gasteiger partial charge >= 0.3 is 0 Å². The Kier molecular flexibility index (Phi) is 4.33. The number of primary amides is 1. The molecule has 27 heavy (non-hydrogen) atoms. The van der Waals surface area contributed by atoms with Crippen molar-refractivity contribution >= 4 is 23.3 Å². The van der Waals surface area contributed by atoms with Crippen LogP contribution in [0.2, 0.25) is 0 Å². The van der Waals surface area contributed by atoms with Crippen LogP contribution in [0, 0.1) is 11.6 Å². The van der Waals surface area contributed by atoms with E-state index in [1.807, 2.05) is 0 Å². The maximum absolute atomic E-state index is 13.9. The van der Waals surface area contributed by atoms with Crippen LogP contribution in [0.3, 0.4) is 0 Å². The minimum absolute atomic E-state index is 0.307. The molecule has 0 radical (unpaired) electrons. The van der Waals surface area contributed by atoms with E-state index in [9.17, 15) is 13.6 Å². The lowest BCUT2D eigenvalue weighted by Crippen LogP contribution is -2.10. The third-order valence-electron chi connectivity index (χ3n) is 3.90. The Morgan fingerprint density at radius 2 is 1.89 bits per heavy atom. The van der Waals surface area contributed by atoms with Crippen molar-refractivity contribution in [2.75, 3.05) is 0 Å². The van der Waals surface area contributed by atoms with E-state index in [0.29, 0.717) is 27.5 Å². The van der Waals surface area contributed by atoms with E-state index in [2.05, 4.69) is 10.2 Å². The van der Waals surface area contributed by atoms with E-state index < -0.39 is 17.5 Å². The third kappa shape index (κ3) is 3.39. The van der Waals surface area contributed by atoms with Crippen LogP contribution in [0.1, 0.15) is 10.4 Å². The first-order valence-electron chi connectivity index (χ1n) is 7.89. The van der Waals surface area contributed by atoms with Crippen LogP contribution in [0.4, 0.5) is 8.78 Å². The van der Waals surface area contributed by atoms with Gasteiger partial charge in [-0.05, 0) is 36.4 Å². The van der Waals surface area contributed by atoms with Gasteiger partial charge in [0.2, 0.25) is 5.91 Å². The van der Waals surface area contributed by atoms with Gasteiger partial charge in [0.25, 0.3) is 0 Å². The fourth-order valence-corrected chi connectivity index (χ4v) is 3.47. The van der Waals surface area contributed by atoms with Gasteiger partial charge in [-0.3, -0.25) is 9.20 Å². The number of nitrogens with two attached hydrogens (primary N) is 1. The lowest BCUT2D eigenvalue weighted by atomic mass is 10.1. The number of carbonyl (C=O) groups excluding carboxylic acids is 1. The van der Waals surface area contributed by atoms with Gasteiger partial charge < -0.3 is 5.73 Å². The molecule has 0 saturated carbocycles. The highest BCUT2D eigenvalue weighted by atomic mass is 32.2. The summed E-state index contributed by atoms with van der Waals surface area (Å²) >= 11 is 1.16. The SMILES string of the molecule is NC(=O)c1cccc(-c2nnc3ccc(Sc4ccc(F)cc4F)cn23)c1. The lowest BCUT2D eigenvalue weighted by Gasteiger charge is -2.06. The monoisotopic (exact) mass is 382 g/mol. The second-order valence-electron chi connectivity index (χ2n) is 5.74. The minimum atomic E-state index is -0.627. The van der Waals surface area contributed by atoms with Crippen LogP contribution in [-0.4, -0.2) is 20.5 Å². The average molecular weight is 382 g/mol. The Morgan fingerprint density at radius 3 is 2.67 bits per heavy atom. The Morgan fingerprint density at radius 1 is 1.04 bits per heavy atom. The van der Waals surface area contributed by atoms with Gasteiger partial charge in [0.1, 0.15) is 11.6 Å². The first-order chi connectivity index (χ1) is 13.0. The summed E-state index contributed by atoms with van der Waals surface area (Å²) in [7, 11) is 0. The summed E-state index contributed by atoms with van der Waals surface area (Å²) < 4.78 is 28.7. The molecule has 0 aliphatic heterocycles. The summed E-state index contributed by atoms with van der Waals surface area (Å²) in [6.07, 6.45) is 1.76. The third-order valence-corrected chi connectivity index (χ3v) is 4.93. The highest BCUT2D eigenvalue weighted by molar-refractivity contribution is 7.99. The number of hydrogen-bond donors (Lipinski definition) is 1. The number of pyridine rings is 1. The van der Waals surface area contributed by atoms with E-state index >= 15 is 0 Å². The molecule has 0 bridgehead atoms. The summed E-state index contributed by atoms with van der Waals surface area (Å²) in [6.45, 7) is 0. The Bertz CT molecular complexity index is 1180. The van der Waals surface area contributed by atoms with Crippen molar-refractivity contribution in [1.82, 2.24) is 14.6 Å². The average Bonchev–Trinajstić information content (AvgIpc) is 3.07. The van der Waals surface area contributed by atoms with Crippen LogP contribution in [0.25, 0.3) is 17.0 Å². The van der Waals surface area contributed by atoms with E-state index in [1.54, 1.807) is 47.0 Å². The van der Waals surface area contributed by atoms with Crippen LogP contribution >= 0.6 is 11.8 Å². The molecule has 2 aromatic heterocycles. The molecule has 0 saturated heterocycles. The molecular weight excluding hydrogens is 370 g/mol. The molecule has 1 amide bonds. The van der Waals surface area contributed by atoms with Crippen molar-refractivity contribution in [1.29, 1.82) is 0 Å². The number of carbonyl (C=O) groups is 1. The van der Waals surface area contributed by atoms with E-state index in [-0.39, 0.29) is 0 Å². The smallest absolute Gasteiger partial charge is 0.248 e. The van der Waals surface area contributed by atoms with Crippen molar-refractivity contribution in [3.05, 3.63) is 78.0 Å². The fourth-order valence-electron chi connectivity index (χ4n) is 2.62. The Balaban J connectivity index is 1.75. The summed E-state index contributed by atoms with van der Waals surface area (Å²) in [6, 6.07) is 13.7. The number of amides is 1. The quantitative estimate of drug-likeness (QED) is 0.581. The number of benzene rings is 2. The molecule has 0 aliphatic carbocycles. The predicted molar refractivity (Wildman–Crippen MR) is 97.4 cm³/mol. The summed E-state index contributed by atoms with van der Waals surface area (Å²) in [5, 5.41) is 8.28. The second kappa shape index (κ2) is 6.81. The normalized spacial score (nSPS) is 11.0. The van der Waals surface area contributed by atoms with Crippen molar-refractivity contribution in [2.24, 2.45) is 5.73 Å². The number of fused-ring (bicyclic) bond motifs is 1. The topological polar surface area (TPSA) is 73.3 Å². The zero-order valence-electron chi connectivity index (χ0n) is 13.8. The highest BCUT2D eigenvalue weighted by Crippen LogP contribution is 2.31. The van der Waals surface area contributed by atoms with Crippen molar-refractivity contribution in [3.63, 3.8) is 0 Å². The lowest BCUT2D eigenvalue weighted by molar-refractivity contribution is 0.100. The van der Waals surface area contributed by atoms with Crippen LogP contribution in [0.5, 0.6) is 0 Å². The van der Waals surface area contributed by atoms with E-state index in [1.165, 1.54) is 12.1 Å². The number of hydrogen-bond acceptors (Lipinski definition) is 4. The predicted octanol–water partition coefficient (Wildman–Crippen LogP) is 3.92. The second-order valence-corrected chi connectivity index (χ2v) is 6.85. The van der Waals surface area contributed by atoms with Crippen LogP contribution in [0.15, 0.2) is 70.6 Å². The molecular formula is C19H12F2N4OS. The maximum Gasteiger partial charge on any atom is 0.248 e.